The Hall–Kier alpha value is -0.950. The third kappa shape index (κ3) is 3.76. The van der Waals surface area contributed by atoms with E-state index in [0.717, 1.165) is 23.9 Å². The summed E-state index contributed by atoms with van der Waals surface area (Å²) in [5.41, 5.74) is 1.04. The number of methoxy groups -OCH3 is 1. The minimum absolute atomic E-state index is 0.570. The molecule has 0 aliphatic heterocycles. The smallest absolute Gasteiger partial charge is 0.185 e. The number of anilines is 1. The Labute approximate surface area is 122 Å². The molecule has 19 heavy (non-hydrogen) atoms. The summed E-state index contributed by atoms with van der Waals surface area (Å²) >= 11 is 3.51. The van der Waals surface area contributed by atoms with Crippen molar-refractivity contribution in [1.29, 1.82) is 0 Å². The summed E-state index contributed by atoms with van der Waals surface area (Å²) < 4.78 is 5.21. The molecule has 0 saturated carbocycles. The number of ether oxygens (including phenoxy) is 1. The van der Waals surface area contributed by atoms with Crippen LogP contribution in [0.15, 0.2) is 17.5 Å². The largest absolute Gasteiger partial charge is 0.378 e. The van der Waals surface area contributed by atoms with Crippen LogP contribution in [-0.4, -0.2) is 26.2 Å². The minimum atomic E-state index is 0.570. The highest BCUT2D eigenvalue weighted by atomic mass is 32.1. The first-order valence-corrected chi connectivity index (χ1v) is 7.79. The maximum atomic E-state index is 5.21. The number of thiophene rings is 1. The van der Waals surface area contributed by atoms with Crippen LogP contribution in [0.25, 0.3) is 0 Å². The lowest BCUT2D eigenvalue weighted by Gasteiger charge is -2.14. The second-order valence-electron chi connectivity index (χ2n) is 4.27. The van der Waals surface area contributed by atoms with Gasteiger partial charge in [0.05, 0.1) is 18.8 Å². The average Bonchev–Trinajstić information content (AvgIpc) is 3.01. The molecule has 2 rings (SSSR count). The van der Waals surface area contributed by atoms with E-state index < -0.39 is 0 Å². The lowest BCUT2D eigenvalue weighted by molar-refractivity contribution is 0.181. The third-order valence-corrected chi connectivity index (χ3v) is 4.76. The molecule has 2 aromatic rings. The number of nitrogens with one attached hydrogen (secondary N) is 1. The molecular formula is C13H19N3OS2. The van der Waals surface area contributed by atoms with Crippen LogP contribution in [0, 0.1) is 0 Å². The number of hydrogen-bond acceptors (Lipinski definition) is 6. The highest BCUT2D eigenvalue weighted by Gasteiger charge is 2.14. The molecule has 0 radical (unpaired) electrons. The van der Waals surface area contributed by atoms with Gasteiger partial charge in [-0.1, -0.05) is 6.07 Å². The lowest BCUT2D eigenvalue weighted by Crippen LogP contribution is -2.15. The number of aromatic nitrogens is 1. The van der Waals surface area contributed by atoms with E-state index in [1.165, 1.54) is 9.75 Å². The second-order valence-corrected chi connectivity index (χ2v) is 6.36. The van der Waals surface area contributed by atoms with Gasteiger partial charge in [-0.3, -0.25) is 0 Å². The zero-order chi connectivity index (χ0) is 13.7. The van der Waals surface area contributed by atoms with Gasteiger partial charge in [-0.25, -0.2) is 4.98 Å². The van der Waals surface area contributed by atoms with Gasteiger partial charge in [0, 0.05) is 30.5 Å². The van der Waals surface area contributed by atoms with E-state index in [4.69, 9.17) is 4.74 Å². The first-order chi connectivity index (χ1) is 9.24. The van der Waals surface area contributed by atoms with Gasteiger partial charge >= 0.3 is 0 Å². The molecule has 0 unspecified atom stereocenters. The van der Waals surface area contributed by atoms with Crippen molar-refractivity contribution in [2.24, 2.45) is 0 Å². The zero-order valence-corrected chi connectivity index (χ0v) is 13.1. The van der Waals surface area contributed by atoms with Crippen LogP contribution in [0.5, 0.6) is 0 Å². The van der Waals surface area contributed by atoms with Crippen molar-refractivity contribution in [3.63, 3.8) is 0 Å². The fraction of sp³-hybridized carbons (Fsp3) is 0.462. The van der Waals surface area contributed by atoms with Gasteiger partial charge in [-0.05, 0) is 18.5 Å². The zero-order valence-electron chi connectivity index (χ0n) is 11.5. The molecule has 0 amide bonds. The molecule has 4 nitrogen and oxygen atoms in total. The van der Waals surface area contributed by atoms with Crippen molar-refractivity contribution in [2.45, 2.75) is 19.7 Å². The molecule has 0 aliphatic rings. The summed E-state index contributed by atoms with van der Waals surface area (Å²) in [6, 6.07) is 4.23. The first-order valence-electron chi connectivity index (χ1n) is 6.10. The van der Waals surface area contributed by atoms with Crippen LogP contribution in [0.2, 0.25) is 0 Å². The second kappa shape index (κ2) is 7.00. The Morgan fingerprint density at radius 3 is 2.95 bits per heavy atom. The van der Waals surface area contributed by atoms with Crippen molar-refractivity contribution in [1.82, 2.24) is 10.3 Å². The van der Waals surface area contributed by atoms with Crippen molar-refractivity contribution in [3.05, 3.63) is 33.0 Å². The summed E-state index contributed by atoms with van der Waals surface area (Å²) in [5, 5.41) is 6.33. The van der Waals surface area contributed by atoms with E-state index >= 15 is 0 Å². The summed E-state index contributed by atoms with van der Waals surface area (Å²) in [7, 11) is 5.74. The lowest BCUT2D eigenvalue weighted by atomic mass is 10.4. The normalized spacial score (nSPS) is 10.9. The summed E-state index contributed by atoms with van der Waals surface area (Å²) in [6.45, 7) is 2.31. The van der Waals surface area contributed by atoms with E-state index in [9.17, 15) is 0 Å². The van der Waals surface area contributed by atoms with E-state index in [1.807, 2.05) is 7.05 Å². The number of rotatable bonds is 7. The molecule has 0 fully saturated rings. The van der Waals surface area contributed by atoms with Crippen molar-refractivity contribution >= 4 is 27.8 Å². The number of nitrogens with zero attached hydrogens (tertiary/aromatic N) is 2. The average molecular weight is 297 g/mol. The number of thiazole rings is 1. The predicted molar refractivity (Wildman–Crippen MR) is 82.0 cm³/mol. The summed E-state index contributed by atoms with van der Waals surface area (Å²) in [4.78, 5) is 9.47. The maximum absolute atomic E-state index is 5.21. The molecule has 2 aromatic heterocycles. The topological polar surface area (TPSA) is 37.4 Å². The molecule has 0 aliphatic carbocycles. The molecule has 0 bridgehead atoms. The molecule has 0 aromatic carbocycles. The molecule has 0 atom stereocenters. The van der Waals surface area contributed by atoms with Gasteiger partial charge in [0.2, 0.25) is 0 Å². The van der Waals surface area contributed by atoms with Gasteiger partial charge in [-0.2, -0.15) is 0 Å². The van der Waals surface area contributed by atoms with E-state index in [2.05, 4.69) is 39.8 Å². The van der Waals surface area contributed by atoms with Gasteiger partial charge < -0.3 is 15.0 Å². The summed E-state index contributed by atoms with van der Waals surface area (Å²) in [6.07, 6.45) is 0. The molecule has 1 N–H and O–H groups in total. The van der Waals surface area contributed by atoms with Gasteiger partial charge in [0.25, 0.3) is 0 Å². The van der Waals surface area contributed by atoms with Crippen molar-refractivity contribution in [2.75, 3.05) is 26.1 Å². The van der Waals surface area contributed by atoms with Crippen LogP contribution < -0.4 is 10.2 Å². The molecule has 6 heteroatoms. The quantitative estimate of drug-likeness (QED) is 0.852. The predicted octanol–water partition coefficient (Wildman–Crippen LogP) is 2.71. The van der Waals surface area contributed by atoms with Gasteiger partial charge in [-0.15, -0.1) is 22.7 Å². The van der Waals surface area contributed by atoms with Crippen LogP contribution in [0.1, 0.15) is 15.4 Å². The fourth-order valence-corrected chi connectivity index (χ4v) is 3.58. The van der Waals surface area contributed by atoms with Gasteiger partial charge in [0.1, 0.15) is 0 Å². The molecule has 104 valence electrons. The highest BCUT2D eigenvalue weighted by molar-refractivity contribution is 7.15. The minimum Gasteiger partial charge on any atom is -0.378 e. The fourth-order valence-electron chi connectivity index (χ4n) is 1.79. The van der Waals surface area contributed by atoms with Crippen molar-refractivity contribution < 1.29 is 4.74 Å². The Morgan fingerprint density at radius 1 is 1.47 bits per heavy atom. The number of hydrogen-bond donors (Lipinski definition) is 1. The van der Waals surface area contributed by atoms with Crippen LogP contribution >= 0.6 is 22.7 Å². The van der Waals surface area contributed by atoms with E-state index in [-0.39, 0.29) is 0 Å². The Bertz CT molecular complexity index is 472. The Morgan fingerprint density at radius 2 is 2.32 bits per heavy atom. The Balaban J connectivity index is 2.12. The monoisotopic (exact) mass is 297 g/mol. The van der Waals surface area contributed by atoms with Crippen molar-refractivity contribution in [3.8, 4) is 0 Å². The van der Waals surface area contributed by atoms with Crippen LogP contribution in [-0.2, 0) is 24.4 Å². The highest BCUT2D eigenvalue weighted by Crippen LogP contribution is 2.27. The first kappa shape index (κ1) is 14.5. The SMILES string of the molecule is CNCc1sc(N(C)Cc2cccs2)nc1COC. The van der Waals surface area contributed by atoms with Crippen LogP contribution in [0.3, 0.4) is 0 Å². The molecule has 2 heterocycles. The van der Waals surface area contributed by atoms with E-state index in [0.29, 0.717) is 6.61 Å². The molecule has 0 saturated heterocycles. The van der Waals surface area contributed by atoms with E-state index in [1.54, 1.807) is 29.8 Å². The summed E-state index contributed by atoms with van der Waals surface area (Å²) in [5.74, 6) is 0. The molecular weight excluding hydrogens is 278 g/mol. The maximum Gasteiger partial charge on any atom is 0.185 e. The standard InChI is InChI=1S/C13H19N3OS2/c1-14-7-12-11(9-17-3)15-13(19-12)16(2)8-10-5-4-6-18-10/h4-6,14H,7-9H2,1-3H3. The Kier molecular flexibility index (Phi) is 5.33. The molecule has 0 spiro atoms. The van der Waals surface area contributed by atoms with Crippen LogP contribution in [0.4, 0.5) is 5.13 Å². The third-order valence-electron chi connectivity index (χ3n) is 2.69. The van der Waals surface area contributed by atoms with Gasteiger partial charge in [0.15, 0.2) is 5.13 Å².